The Morgan fingerprint density at radius 3 is 1.89 bits per heavy atom. The lowest BCUT2D eigenvalue weighted by molar-refractivity contribution is 0.281. The molecule has 0 N–H and O–H groups in total. The Labute approximate surface area is 225 Å². The third kappa shape index (κ3) is 9.29. The van der Waals surface area contributed by atoms with E-state index in [1.165, 1.54) is 107 Å². The minimum absolute atomic E-state index is 0.483. The van der Waals surface area contributed by atoms with Gasteiger partial charge in [0.1, 0.15) is 0 Å². The van der Waals surface area contributed by atoms with Crippen LogP contribution in [0.5, 0.6) is 6.01 Å². The van der Waals surface area contributed by atoms with Crippen LogP contribution in [0.4, 0.5) is 0 Å². The highest BCUT2D eigenvalue weighted by molar-refractivity contribution is 5.69. The van der Waals surface area contributed by atoms with E-state index in [9.17, 15) is 0 Å². The molecule has 2 aromatic carbocycles. The van der Waals surface area contributed by atoms with Gasteiger partial charge < -0.3 is 4.74 Å². The van der Waals surface area contributed by atoms with E-state index in [0.29, 0.717) is 12.6 Å². The van der Waals surface area contributed by atoms with Gasteiger partial charge in [0.25, 0.3) is 0 Å². The predicted molar refractivity (Wildman–Crippen MR) is 156 cm³/mol. The van der Waals surface area contributed by atoms with Crippen LogP contribution < -0.4 is 4.74 Å². The van der Waals surface area contributed by atoms with E-state index in [4.69, 9.17) is 4.74 Å². The molecule has 1 aliphatic carbocycles. The van der Waals surface area contributed by atoms with Crippen LogP contribution in [0.25, 0.3) is 22.3 Å². The summed E-state index contributed by atoms with van der Waals surface area (Å²) in [5, 5.41) is 0. The van der Waals surface area contributed by atoms with Crippen LogP contribution in [-0.2, 0) is 6.42 Å². The van der Waals surface area contributed by atoms with Crippen LogP contribution in [0.2, 0.25) is 0 Å². The van der Waals surface area contributed by atoms with Crippen molar-refractivity contribution in [2.45, 2.75) is 103 Å². The second-order valence-electron chi connectivity index (χ2n) is 10.9. The molecular weight excluding hydrogens is 452 g/mol. The first kappa shape index (κ1) is 27.4. The Morgan fingerprint density at radius 2 is 1.22 bits per heavy atom. The smallest absolute Gasteiger partial charge is 0.316 e. The second kappa shape index (κ2) is 15.5. The monoisotopic (exact) mass is 498 g/mol. The number of aryl methyl sites for hydroxylation is 1. The van der Waals surface area contributed by atoms with Gasteiger partial charge in [-0.15, -0.1) is 0 Å². The molecule has 1 heterocycles. The van der Waals surface area contributed by atoms with Crippen molar-refractivity contribution >= 4 is 0 Å². The van der Waals surface area contributed by atoms with Gasteiger partial charge in [-0.1, -0.05) is 133 Å². The minimum Gasteiger partial charge on any atom is -0.463 e. The zero-order valence-corrected chi connectivity index (χ0v) is 23.0. The standard InChI is InChI=1S/C34H46N2O/c1-2-3-4-8-14-29-17-19-30(20-18-29)31-21-23-32(24-22-31)33-26-35-34(36-27-33)37-25-12-7-5-6-9-13-28-15-10-11-16-28/h17-24,26-28H,2-16,25H2,1H3. The summed E-state index contributed by atoms with van der Waals surface area (Å²) in [5.74, 6) is 1.03. The molecule has 0 atom stereocenters. The fourth-order valence-electron chi connectivity index (χ4n) is 5.54. The van der Waals surface area contributed by atoms with Crippen LogP contribution >= 0.6 is 0 Å². The van der Waals surface area contributed by atoms with Crippen LogP contribution in [0.1, 0.15) is 102 Å². The highest BCUT2D eigenvalue weighted by Crippen LogP contribution is 2.29. The van der Waals surface area contributed by atoms with Crippen LogP contribution in [0, 0.1) is 5.92 Å². The molecule has 3 aromatic rings. The summed E-state index contributed by atoms with van der Waals surface area (Å²) in [6.45, 7) is 2.96. The fourth-order valence-corrected chi connectivity index (χ4v) is 5.54. The van der Waals surface area contributed by atoms with Gasteiger partial charge >= 0.3 is 6.01 Å². The van der Waals surface area contributed by atoms with Gasteiger partial charge in [0.2, 0.25) is 0 Å². The van der Waals surface area contributed by atoms with Crippen molar-refractivity contribution in [2.75, 3.05) is 6.61 Å². The van der Waals surface area contributed by atoms with Crippen molar-refractivity contribution in [3.63, 3.8) is 0 Å². The summed E-state index contributed by atoms with van der Waals surface area (Å²) < 4.78 is 5.79. The molecule has 0 unspecified atom stereocenters. The number of aromatic nitrogens is 2. The first-order chi connectivity index (χ1) is 18.3. The maximum absolute atomic E-state index is 5.79. The van der Waals surface area contributed by atoms with E-state index in [0.717, 1.165) is 23.5 Å². The van der Waals surface area contributed by atoms with E-state index in [2.05, 4.69) is 65.4 Å². The first-order valence-electron chi connectivity index (χ1n) is 15.0. The molecule has 3 heteroatoms. The molecule has 198 valence electrons. The summed E-state index contributed by atoms with van der Waals surface area (Å²) >= 11 is 0. The summed E-state index contributed by atoms with van der Waals surface area (Å²) in [6, 6.07) is 18.2. The van der Waals surface area contributed by atoms with Gasteiger partial charge in [-0.2, -0.15) is 0 Å². The normalized spacial score (nSPS) is 13.8. The molecule has 37 heavy (non-hydrogen) atoms. The molecule has 0 bridgehead atoms. The van der Waals surface area contributed by atoms with E-state index < -0.39 is 0 Å². The van der Waals surface area contributed by atoms with Crippen LogP contribution in [-0.4, -0.2) is 16.6 Å². The highest BCUT2D eigenvalue weighted by atomic mass is 16.5. The van der Waals surface area contributed by atoms with Crippen molar-refractivity contribution in [2.24, 2.45) is 5.92 Å². The zero-order chi connectivity index (χ0) is 25.5. The van der Waals surface area contributed by atoms with Gasteiger partial charge in [-0.3, -0.25) is 0 Å². The number of ether oxygens (including phenoxy) is 1. The van der Waals surface area contributed by atoms with Gasteiger partial charge in [0.05, 0.1) is 6.61 Å². The lowest BCUT2D eigenvalue weighted by Gasteiger charge is -2.08. The van der Waals surface area contributed by atoms with E-state index in [1.807, 2.05) is 12.4 Å². The van der Waals surface area contributed by atoms with Gasteiger partial charge in [0, 0.05) is 18.0 Å². The van der Waals surface area contributed by atoms with E-state index >= 15 is 0 Å². The lowest BCUT2D eigenvalue weighted by Crippen LogP contribution is -2.01. The molecule has 0 spiro atoms. The SMILES string of the molecule is CCCCCCc1ccc(-c2ccc(-c3cnc(OCCCCCCCC4CCCC4)nc3)cc2)cc1. The number of nitrogens with zero attached hydrogens (tertiary/aromatic N) is 2. The zero-order valence-electron chi connectivity index (χ0n) is 23.0. The number of hydrogen-bond acceptors (Lipinski definition) is 3. The van der Waals surface area contributed by atoms with Crippen LogP contribution in [0.3, 0.4) is 0 Å². The Bertz CT molecular complexity index is 1010. The number of hydrogen-bond donors (Lipinski definition) is 0. The molecule has 0 amide bonds. The van der Waals surface area contributed by atoms with Crippen molar-refractivity contribution in [1.29, 1.82) is 0 Å². The molecule has 0 radical (unpaired) electrons. The summed E-state index contributed by atoms with van der Waals surface area (Å²) in [7, 11) is 0. The summed E-state index contributed by atoms with van der Waals surface area (Å²) in [6.07, 6.45) is 23.9. The largest absolute Gasteiger partial charge is 0.463 e. The topological polar surface area (TPSA) is 35.0 Å². The van der Waals surface area contributed by atoms with E-state index in [1.54, 1.807) is 0 Å². The molecule has 0 saturated heterocycles. The molecule has 1 fully saturated rings. The Hall–Kier alpha value is -2.68. The number of unbranched alkanes of at least 4 members (excludes halogenated alkanes) is 7. The Balaban J connectivity index is 1.15. The molecule has 1 aromatic heterocycles. The molecule has 3 nitrogen and oxygen atoms in total. The summed E-state index contributed by atoms with van der Waals surface area (Å²) in [5.41, 5.74) is 6.08. The quantitative estimate of drug-likeness (QED) is 0.184. The number of rotatable bonds is 16. The second-order valence-corrected chi connectivity index (χ2v) is 10.9. The molecule has 1 saturated carbocycles. The lowest BCUT2D eigenvalue weighted by atomic mass is 9.99. The van der Waals surface area contributed by atoms with E-state index in [-0.39, 0.29) is 0 Å². The molecule has 0 aliphatic heterocycles. The fraction of sp³-hybridized carbons (Fsp3) is 0.529. The van der Waals surface area contributed by atoms with Gasteiger partial charge in [-0.25, -0.2) is 9.97 Å². The van der Waals surface area contributed by atoms with Crippen molar-refractivity contribution in [3.05, 3.63) is 66.5 Å². The van der Waals surface area contributed by atoms with Crippen molar-refractivity contribution in [1.82, 2.24) is 9.97 Å². The minimum atomic E-state index is 0.483. The van der Waals surface area contributed by atoms with Crippen molar-refractivity contribution < 1.29 is 4.74 Å². The Kier molecular flexibility index (Phi) is 11.5. The molecule has 4 rings (SSSR count). The Morgan fingerprint density at radius 1 is 0.649 bits per heavy atom. The van der Waals surface area contributed by atoms with Crippen molar-refractivity contribution in [3.8, 4) is 28.3 Å². The third-order valence-electron chi connectivity index (χ3n) is 7.92. The van der Waals surface area contributed by atoms with Gasteiger partial charge in [0.15, 0.2) is 0 Å². The van der Waals surface area contributed by atoms with Gasteiger partial charge in [-0.05, 0) is 47.4 Å². The van der Waals surface area contributed by atoms with Crippen LogP contribution in [0.15, 0.2) is 60.9 Å². The molecule has 1 aliphatic rings. The third-order valence-corrected chi connectivity index (χ3v) is 7.92. The maximum atomic E-state index is 5.79. The first-order valence-corrected chi connectivity index (χ1v) is 15.0. The highest BCUT2D eigenvalue weighted by Gasteiger charge is 2.13. The summed E-state index contributed by atoms with van der Waals surface area (Å²) in [4.78, 5) is 8.88. The average Bonchev–Trinajstić information content (AvgIpc) is 3.47. The predicted octanol–water partition coefficient (Wildman–Crippen LogP) is 9.84. The number of benzene rings is 2. The maximum Gasteiger partial charge on any atom is 0.316 e. The molecular formula is C34H46N2O. The average molecular weight is 499 g/mol.